The molecule has 0 atom stereocenters. The van der Waals surface area contributed by atoms with Crippen molar-refractivity contribution in [2.75, 3.05) is 32.1 Å². The second-order valence-electron chi connectivity index (χ2n) is 3.82. The lowest BCUT2D eigenvalue weighted by atomic mass is 10.1. The monoisotopic (exact) mass is 290 g/mol. The van der Waals surface area contributed by atoms with Gasteiger partial charge in [-0.05, 0) is 30.0 Å². The smallest absolute Gasteiger partial charge is 0.148 e. The summed E-state index contributed by atoms with van der Waals surface area (Å²) in [4.78, 5) is 12.5. The predicted molar refractivity (Wildman–Crippen MR) is 64.4 cm³/mol. The Kier molecular flexibility index (Phi) is 3.13. The van der Waals surface area contributed by atoms with Crippen molar-refractivity contribution >= 4 is 33.3 Å². The molecule has 0 unspecified atom stereocenters. The minimum absolute atomic E-state index is 0.466. The van der Waals surface area contributed by atoms with Crippen molar-refractivity contribution in [3.05, 3.63) is 16.0 Å². The normalized spacial score (nSPS) is 17.0. The van der Waals surface area contributed by atoms with Gasteiger partial charge in [0.2, 0.25) is 0 Å². The maximum atomic E-state index is 5.90. The van der Waals surface area contributed by atoms with Gasteiger partial charge in [0.05, 0.1) is 4.47 Å². The van der Waals surface area contributed by atoms with Gasteiger partial charge < -0.3 is 9.80 Å². The average molecular weight is 292 g/mol. The Morgan fingerprint density at radius 1 is 1.47 bits per heavy atom. The number of anilines is 1. The van der Waals surface area contributed by atoms with Gasteiger partial charge in [-0.3, -0.25) is 0 Å². The first kappa shape index (κ1) is 11.1. The van der Waals surface area contributed by atoms with Crippen LogP contribution in [0, 0.1) is 0 Å². The van der Waals surface area contributed by atoms with Gasteiger partial charge in [0, 0.05) is 19.1 Å². The van der Waals surface area contributed by atoms with E-state index >= 15 is 0 Å². The summed E-state index contributed by atoms with van der Waals surface area (Å²) in [5.41, 5.74) is 0. The molecule has 0 amide bonds. The van der Waals surface area contributed by atoms with E-state index in [2.05, 4.69) is 49.8 Å². The number of hydrogen-bond acceptors (Lipinski definition) is 4. The van der Waals surface area contributed by atoms with Crippen LogP contribution in [-0.4, -0.2) is 48.1 Å². The van der Waals surface area contributed by atoms with Crippen molar-refractivity contribution in [3.63, 3.8) is 0 Å². The molecule has 6 heteroatoms. The molecule has 1 aromatic rings. The Morgan fingerprint density at radius 3 is 2.73 bits per heavy atom. The maximum absolute atomic E-state index is 5.90. The van der Waals surface area contributed by atoms with Gasteiger partial charge in [-0.1, -0.05) is 11.6 Å². The highest BCUT2D eigenvalue weighted by Crippen LogP contribution is 2.32. The third kappa shape index (κ3) is 2.09. The summed E-state index contributed by atoms with van der Waals surface area (Å²) < 4.78 is 0.781. The highest BCUT2D eigenvalue weighted by atomic mass is 79.9. The molecule has 82 valence electrons. The first-order valence-corrected chi connectivity index (χ1v) is 5.84. The van der Waals surface area contributed by atoms with E-state index in [1.807, 2.05) is 0 Å². The molecule has 2 rings (SSSR count). The largest absolute Gasteiger partial charge is 0.352 e. The van der Waals surface area contributed by atoms with Crippen LogP contribution >= 0.6 is 27.5 Å². The Bertz CT molecular complexity index is 365. The standard InChI is InChI=1S/C9H12BrClN4/c1-14(2)6-3-15(4-6)9-7(10)8(11)12-5-13-9/h5-6H,3-4H2,1-2H3. The number of halogens is 2. The molecular formula is C9H12BrClN4. The van der Waals surface area contributed by atoms with Crippen LogP contribution in [0.2, 0.25) is 5.15 Å². The van der Waals surface area contributed by atoms with E-state index in [-0.39, 0.29) is 0 Å². The van der Waals surface area contributed by atoms with Gasteiger partial charge >= 0.3 is 0 Å². The van der Waals surface area contributed by atoms with Gasteiger partial charge in [-0.25, -0.2) is 9.97 Å². The highest BCUT2D eigenvalue weighted by molar-refractivity contribution is 9.10. The number of nitrogens with zero attached hydrogens (tertiary/aromatic N) is 4. The van der Waals surface area contributed by atoms with Crippen LogP contribution in [0.25, 0.3) is 0 Å². The molecule has 1 fully saturated rings. The lowest BCUT2D eigenvalue weighted by Crippen LogP contribution is -2.57. The molecule has 0 bridgehead atoms. The second kappa shape index (κ2) is 4.23. The zero-order chi connectivity index (χ0) is 11.0. The predicted octanol–water partition coefficient (Wildman–Crippen LogP) is 1.64. The van der Waals surface area contributed by atoms with Crippen LogP contribution < -0.4 is 4.90 Å². The summed E-state index contributed by atoms with van der Waals surface area (Å²) in [7, 11) is 4.17. The number of hydrogen-bond donors (Lipinski definition) is 0. The zero-order valence-electron chi connectivity index (χ0n) is 8.61. The first-order chi connectivity index (χ1) is 7.09. The summed E-state index contributed by atoms with van der Waals surface area (Å²) in [5, 5.41) is 0.466. The van der Waals surface area contributed by atoms with Gasteiger partial charge in [-0.2, -0.15) is 0 Å². The van der Waals surface area contributed by atoms with Crippen LogP contribution in [0.15, 0.2) is 10.8 Å². The molecule has 4 nitrogen and oxygen atoms in total. The van der Waals surface area contributed by atoms with Crippen molar-refractivity contribution in [2.45, 2.75) is 6.04 Å². The number of aromatic nitrogens is 2. The molecule has 15 heavy (non-hydrogen) atoms. The molecule has 0 N–H and O–H groups in total. The van der Waals surface area contributed by atoms with E-state index in [4.69, 9.17) is 11.6 Å². The van der Waals surface area contributed by atoms with E-state index in [0.717, 1.165) is 23.4 Å². The van der Waals surface area contributed by atoms with Gasteiger partial charge in [0.25, 0.3) is 0 Å². The van der Waals surface area contributed by atoms with Crippen molar-refractivity contribution < 1.29 is 0 Å². The molecule has 0 saturated carbocycles. The Morgan fingerprint density at radius 2 is 2.13 bits per heavy atom. The molecule has 0 spiro atoms. The summed E-state index contributed by atoms with van der Waals surface area (Å²) in [6.45, 7) is 1.97. The van der Waals surface area contributed by atoms with Crippen LogP contribution in [0.4, 0.5) is 5.82 Å². The third-order valence-electron chi connectivity index (χ3n) is 2.62. The first-order valence-electron chi connectivity index (χ1n) is 4.67. The van der Waals surface area contributed by atoms with Gasteiger partial charge in [0.15, 0.2) is 0 Å². The van der Waals surface area contributed by atoms with Crippen LogP contribution in [-0.2, 0) is 0 Å². The summed E-state index contributed by atoms with van der Waals surface area (Å²) >= 11 is 9.30. The minimum atomic E-state index is 0.466. The molecule has 0 aromatic carbocycles. The Labute approximate surface area is 102 Å². The van der Waals surface area contributed by atoms with E-state index in [1.54, 1.807) is 0 Å². The van der Waals surface area contributed by atoms with Gasteiger partial charge in [0.1, 0.15) is 17.3 Å². The fourth-order valence-electron chi connectivity index (χ4n) is 1.52. The van der Waals surface area contributed by atoms with Crippen molar-refractivity contribution in [1.29, 1.82) is 0 Å². The minimum Gasteiger partial charge on any atom is -0.352 e. The topological polar surface area (TPSA) is 32.3 Å². The quantitative estimate of drug-likeness (QED) is 0.776. The zero-order valence-corrected chi connectivity index (χ0v) is 11.0. The van der Waals surface area contributed by atoms with Crippen molar-refractivity contribution in [3.8, 4) is 0 Å². The van der Waals surface area contributed by atoms with E-state index in [0.29, 0.717) is 11.2 Å². The maximum Gasteiger partial charge on any atom is 0.148 e. The molecule has 1 aromatic heterocycles. The van der Waals surface area contributed by atoms with Crippen molar-refractivity contribution in [1.82, 2.24) is 14.9 Å². The average Bonchev–Trinajstić information content (AvgIpc) is 2.09. The number of rotatable bonds is 2. The number of likely N-dealkylation sites (N-methyl/N-ethyl adjacent to an activating group) is 1. The molecule has 0 radical (unpaired) electrons. The third-order valence-corrected chi connectivity index (χ3v) is 3.87. The fourth-order valence-corrected chi connectivity index (χ4v) is 2.10. The summed E-state index contributed by atoms with van der Waals surface area (Å²) in [6, 6.07) is 0.602. The Balaban J connectivity index is 2.10. The Hall–Kier alpha value is -0.390. The van der Waals surface area contributed by atoms with Crippen LogP contribution in [0.1, 0.15) is 0 Å². The lowest BCUT2D eigenvalue weighted by molar-refractivity contribution is 0.246. The second-order valence-corrected chi connectivity index (χ2v) is 4.98. The van der Waals surface area contributed by atoms with Crippen LogP contribution in [0.3, 0.4) is 0 Å². The highest BCUT2D eigenvalue weighted by Gasteiger charge is 2.30. The van der Waals surface area contributed by atoms with E-state index in [9.17, 15) is 0 Å². The molecule has 0 aliphatic carbocycles. The molecule has 1 saturated heterocycles. The summed E-state index contributed by atoms with van der Waals surface area (Å²) in [5.74, 6) is 0.883. The fraction of sp³-hybridized carbons (Fsp3) is 0.556. The SMILES string of the molecule is CN(C)C1CN(c2ncnc(Cl)c2Br)C1. The summed E-state index contributed by atoms with van der Waals surface area (Å²) in [6.07, 6.45) is 1.49. The van der Waals surface area contributed by atoms with Crippen LogP contribution in [0.5, 0.6) is 0 Å². The molecule has 2 heterocycles. The van der Waals surface area contributed by atoms with E-state index in [1.165, 1.54) is 6.33 Å². The molecule has 1 aliphatic rings. The molecule has 1 aliphatic heterocycles. The van der Waals surface area contributed by atoms with Crippen molar-refractivity contribution in [2.24, 2.45) is 0 Å². The van der Waals surface area contributed by atoms with Gasteiger partial charge in [-0.15, -0.1) is 0 Å². The lowest BCUT2D eigenvalue weighted by Gasteiger charge is -2.43. The molecular weight excluding hydrogens is 279 g/mol. The van der Waals surface area contributed by atoms with E-state index < -0.39 is 0 Å².